The molecule has 0 unspecified atom stereocenters. The van der Waals surface area contributed by atoms with Crippen LogP contribution in [-0.2, 0) is 6.61 Å². The third kappa shape index (κ3) is 1.88. The van der Waals surface area contributed by atoms with Gasteiger partial charge in [0.05, 0.1) is 6.61 Å². The lowest BCUT2D eigenvalue weighted by Crippen LogP contribution is -2.29. The molecule has 1 aliphatic heterocycles. The van der Waals surface area contributed by atoms with Crippen LogP contribution in [0.2, 0.25) is 0 Å². The Bertz CT molecular complexity index is 349. The highest BCUT2D eigenvalue weighted by molar-refractivity contribution is 8.00. The summed E-state index contributed by atoms with van der Waals surface area (Å²) in [5, 5.41) is 12.4. The molecule has 0 radical (unpaired) electrons. The van der Waals surface area contributed by atoms with Gasteiger partial charge >= 0.3 is 0 Å². The number of anilines is 1. The van der Waals surface area contributed by atoms with Crippen molar-refractivity contribution in [3.63, 3.8) is 0 Å². The van der Waals surface area contributed by atoms with E-state index in [2.05, 4.69) is 25.2 Å². The molecule has 2 nitrogen and oxygen atoms in total. The number of aliphatic hydroxyl groups is 1. The van der Waals surface area contributed by atoms with E-state index in [4.69, 9.17) is 5.11 Å². The topological polar surface area (TPSA) is 32.3 Å². The Labute approximate surface area is 88.7 Å². The number of hydrogen-bond donors (Lipinski definition) is 2. The monoisotopic (exact) mass is 209 g/mol. The quantitative estimate of drug-likeness (QED) is 0.745. The van der Waals surface area contributed by atoms with Gasteiger partial charge in [0.25, 0.3) is 0 Å². The largest absolute Gasteiger partial charge is 0.392 e. The van der Waals surface area contributed by atoms with E-state index in [0.29, 0.717) is 0 Å². The predicted octanol–water partition coefficient (Wildman–Crippen LogP) is 2.48. The Kier molecular flexibility index (Phi) is 2.45. The average Bonchev–Trinajstić information content (AvgIpc) is 2.15. The summed E-state index contributed by atoms with van der Waals surface area (Å²) in [6.07, 6.45) is 0. The Balaban J connectivity index is 2.34. The van der Waals surface area contributed by atoms with Gasteiger partial charge in [-0.2, -0.15) is 0 Å². The number of fused-ring (bicyclic) bond motifs is 1. The van der Waals surface area contributed by atoms with Gasteiger partial charge in [-0.25, -0.2) is 0 Å². The molecule has 0 bridgehead atoms. The molecule has 2 rings (SSSR count). The lowest BCUT2D eigenvalue weighted by Gasteiger charge is -2.31. The number of rotatable bonds is 1. The fourth-order valence-corrected chi connectivity index (χ4v) is 2.74. The number of thioether (sulfide) groups is 1. The van der Waals surface area contributed by atoms with Crippen molar-refractivity contribution in [3.8, 4) is 0 Å². The van der Waals surface area contributed by atoms with E-state index >= 15 is 0 Å². The summed E-state index contributed by atoms with van der Waals surface area (Å²) in [5.41, 5.74) is 2.17. The minimum Gasteiger partial charge on any atom is -0.392 e. The van der Waals surface area contributed by atoms with Crippen LogP contribution < -0.4 is 5.32 Å². The van der Waals surface area contributed by atoms with Crippen LogP contribution in [0.25, 0.3) is 0 Å². The second kappa shape index (κ2) is 3.48. The Morgan fingerprint density at radius 1 is 1.50 bits per heavy atom. The molecule has 0 amide bonds. The van der Waals surface area contributed by atoms with Gasteiger partial charge in [-0.1, -0.05) is 6.07 Å². The van der Waals surface area contributed by atoms with Crippen molar-refractivity contribution in [1.29, 1.82) is 0 Å². The summed E-state index contributed by atoms with van der Waals surface area (Å²) in [7, 11) is 0. The summed E-state index contributed by atoms with van der Waals surface area (Å²) in [6.45, 7) is 5.55. The lowest BCUT2D eigenvalue weighted by atomic mass is 10.1. The van der Waals surface area contributed by atoms with Crippen molar-refractivity contribution in [2.24, 2.45) is 0 Å². The van der Waals surface area contributed by atoms with Gasteiger partial charge in [0.1, 0.15) is 0 Å². The Morgan fingerprint density at radius 2 is 2.29 bits per heavy atom. The number of nitrogens with one attached hydrogen (secondary N) is 1. The van der Waals surface area contributed by atoms with Crippen LogP contribution in [0.15, 0.2) is 23.1 Å². The molecule has 14 heavy (non-hydrogen) atoms. The third-order valence-corrected chi connectivity index (χ3v) is 3.57. The normalized spacial score (nSPS) is 18.5. The van der Waals surface area contributed by atoms with E-state index < -0.39 is 0 Å². The summed E-state index contributed by atoms with van der Waals surface area (Å²) in [4.78, 5) is 1.24. The zero-order valence-electron chi connectivity index (χ0n) is 8.50. The molecule has 0 aromatic heterocycles. The van der Waals surface area contributed by atoms with Gasteiger partial charge in [0, 0.05) is 21.9 Å². The highest BCUT2D eigenvalue weighted by Crippen LogP contribution is 2.41. The first-order valence-corrected chi connectivity index (χ1v) is 5.59. The fourth-order valence-electron chi connectivity index (χ4n) is 1.54. The van der Waals surface area contributed by atoms with E-state index in [9.17, 15) is 0 Å². The lowest BCUT2D eigenvalue weighted by molar-refractivity contribution is 0.281. The Morgan fingerprint density at radius 3 is 3.00 bits per heavy atom. The van der Waals surface area contributed by atoms with E-state index in [1.165, 1.54) is 10.6 Å². The number of aliphatic hydroxyl groups excluding tert-OH is 1. The molecular formula is C11H15NOS. The van der Waals surface area contributed by atoms with Gasteiger partial charge in [-0.3, -0.25) is 0 Å². The van der Waals surface area contributed by atoms with Gasteiger partial charge in [0.15, 0.2) is 0 Å². The van der Waals surface area contributed by atoms with Gasteiger partial charge in [0.2, 0.25) is 0 Å². The molecule has 1 aliphatic rings. The van der Waals surface area contributed by atoms with Crippen molar-refractivity contribution in [2.75, 3.05) is 11.9 Å². The molecule has 0 saturated carbocycles. The average molecular weight is 209 g/mol. The van der Waals surface area contributed by atoms with Crippen LogP contribution in [-0.4, -0.2) is 16.4 Å². The predicted molar refractivity (Wildman–Crippen MR) is 60.8 cm³/mol. The van der Waals surface area contributed by atoms with E-state index in [0.717, 1.165) is 12.1 Å². The highest BCUT2D eigenvalue weighted by atomic mass is 32.2. The summed E-state index contributed by atoms with van der Waals surface area (Å²) in [5.74, 6) is 0. The Hall–Kier alpha value is -0.670. The summed E-state index contributed by atoms with van der Waals surface area (Å²) >= 11 is 1.87. The standard InChI is InChI=1S/C11H15NOS/c1-11(2)7-12-9-4-3-8(6-13)5-10(9)14-11/h3-5,12-13H,6-7H2,1-2H3. The molecule has 1 aromatic rings. The van der Waals surface area contributed by atoms with Crippen LogP contribution in [0.1, 0.15) is 19.4 Å². The van der Waals surface area contributed by atoms with Crippen LogP contribution in [0, 0.1) is 0 Å². The molecule has 1 heterocycles. The maximum absolute atomic E-state index is 9.04. The zero-order chi connectivity index (χ0) is 10.2. The first kappa shape index (κ1) is 9.87. The molecule has 0 fully saturated rings. The van der Waals surface area contributed by atoms with Crippen LogP contribution in [0.4, 0.5) is 5.69 Å². The second-order valence-corrected chi connectivity index (χ2v) is 5.95. The molecule has 3 heteroatoms. The van der Waals surface area contributed by atoms with Gasteiger partial charge in [-0.15, -0.1) is 11.8 Å². The summed E-state index contributed by atoms with van der Waals surface area (Å²) < 4.78 is 0.237. The molecule has 0 spiro atoms. The van der Waals surface area contributed by atoms with Crippen molar-refractivity contribution in [1.82, 2.24) is 0 Å². The molecule has 0 atom stereocenters. The van der Waals surface area contributed by atoms with Crippen LogP contribution >= 0.6 is 11.8 Å². The number of hydrogen-bond acceptors (Lipinski definition) is 3. The second-order valence-electron chi connectivity index (χ2n) is 4.20. The minimum atomic E-state index is 0.119. The van der Waals surface area contributed by atoms with Gasteiger partial charge < -0.3 is 10.4 Å². The molecular weight excluding hydrogens is 194 g/mol. The van der Waals surface area contributed by atoms with Crippen LogP contribution in [0.3, 0.4) is 0 Å². The van der Waals surface area contributed by atoms with Gasteiger partial charge in [-0.05, 0) is 31.5 Å². The fraction of sp³-hybridized carbons (Fsp3) is 0.455. The van der Waals surface area contributed by atoms with E-state index in [1.54, 1.807) is 0 Å². The maximum atomic E-state index is 9.04. The molecule has 2 N–H and O–H groups in total. The molecule has 0 aliphatic carbocycles. The van der Waals surface area contributed by atoms with Crippen molar-refractivity contribution in [3.05, 3.63) is 23.8 Å². The first-order valence-electron chi connectivity index (χ1n) is 4.77. The van der Waals surface area contributed by atoms with Crippen molar-refractivity contribution >= 4 is 17.4 Å². The molecule has 0 saturated heterocycles. The van der Waals surface area contributed by atoms with Crippen molar-refractivity contribution in [2.45, 2.75) is 30.1 Å². The molecule has 1 aromatic carbocycles. The first-order chi connectivity index (χ1) is 6.61. The van der Waals surface area contributed by atoms with Crippen molar-refractivity contribution < 1.29 is 5.11 Å². The highest BCUT2D eigenvalue weighted by Gasteiger charge is 2.25. The molecule has 76 valence electrons. The van der Waals surface area contributed by atoms with Crippen LogP contribution in [0.5, 0.6) is 0 Å². The van der Waals surface area contributed by atoms with E-state index in [-0.39, 0.29) is 11.4 Å². The number of benzene rings is 1. The minimum absolute atomic E-state index is 0.119. The maximum Gasteiger partial charge on any atom is 0.0682 e. The van der Waals surface area contributed by atoms with E-state index in [1.807, 2.05) is 23.9 Å². The third-order valence-electron chi connectivity index (χ3n) is 2.32. The smallest absolute Gasteiger partial charge is 0.0682 e. The SMILES string of the molecule is CC1(C)CNc2ccc(CO)cc2S1. The zero-order valence-corrected chi connectivity index (χ0v) is 9.32. The summed E-state index contributed by atoms with van der Waals surface area (Å²) in [6, 6.07) is 6.07.